The standard InChI is InChI=1S/C15H14N2O/c1-11-7-8-14-13(9-11)15(16-17(14)10-18)12-5-3-2-4-6-12/h2-9,18H,10H2,1H3. The molecule has 0 aliphatic heterocycles. The number of hydrogen-bond donors (Lipinski definition) is 1. The van der Waals surface area contributed by atoms with Crippen LogP contribution in [0.15, 0.2) is 48.5 Å². The third kappa shape index (κ3) is 1.69. The van der Waals surface area contributed by atoms with E-state index in [2.05, 4.69) is 18.1 Å². The van der Waals surface area contributed by atoms with Gasteiger partial charge in [0.15, 0.2) is 0 Å². The van der Waals surface area contributed by atoms with E-state index in [9.17, 15) is 5.11 Å². The molecule has 18 heavy (non-hydrogen) atoms. The molecular formula is C15H14N2O. The lowest BCUT2D eigenvalue weighted by Gasteiger charge is -1.98. The molecule has 0 spiro atoms. The van der Waals surface area contributed by atoms with Gasteiger partial charge in [-0.15, -0.1) is 0 Å². The largest absolute Gasteiger partial charge is 0.374 e. The fourth-order valence-corrected chi connectivity index (χ4v) is 2.21. The van der Waals surface area contributed by atoms with Crippen molar-refractivity contribution in [1.82, 2.24) is 9.78 Å². The lowest BCUT2D eigenvalue weighted by atomic mass is 10.1. The Hall–Kier alpha value is -2.13. The molecule has 3 rings (SSSR count). The van der Waals surface area contributed by atoms with Gasteiger partial charge in [0.05, 0.1) is 5.52 Å². The number of fused-ring (bicyclic) bond motifs is 1. The van der Waals surface area contributed by atoms with Crippen molar-refractivity contribution in [2.75, 3.05) is 0 Å². The highest BCUT2D eigenvalue weighted by atomic mass is 16.3. The molecule has 0 aliphatic carbocycles. The fraction of sp³-hybridized carbons (Fsp3) is 0.133. The highest BCUT2D eigenvalue weighted by Gasteiger charge is 2.11. The van der Waals surface area contributed by atoms with E-state index in [4.69, 9.17) is 0 Å². The van der Waals surface area contributed by atoms with Crippen LogP contribution in [0.1, 0.15) is 5.56 Å². The van der Waals surface area contributed by atoms with Gasteiger partial charge in [-0.1, -0.05) is 42.0 Å². The number of benzene rings is 2. The topological polar surface area (TPSA) is 38.0 Å². The lowest BCUT2D eigenvalue weighted by Crippen LogP contribution is -1.98. The molecule has 3 aromatic rings. The van der Waals surface area contributed by atoms with Crippen LogP contribution < -0.4 is 0 Å². The van der Waals surface area contributed by atoms with Crippen LogP contribution in [0.3, 0.4) is 0 Å². The number of nitrogens with zero attached hydrogens (tertiary/aromatic N) is 2. The minimum Gasteiger partial charge on any atom is -0.374 e. The molecule has 0 unspecified atom stereocenters. The molecule has 0 radical (unpaired) electrons. The Morgan fingerprint density at radius 1 is 1.11 bits per heavy atom. The maximum absolute atomic E-state index is 9.37. The van der Waals surface area contributed by atoms with Crippen LogP contribution in [0, 0.1) is 6.92 Å². The summed E-state index contributed by atoms with van der Waals surface area (Å²) in [5, 5.41) is 14.9. The summed E-state index contributed by atoms with van der Waals surface area (Å²) in [6, 6.07) is 16.2. The molecule has 0 amide bonds. The second kappa shape index (κ2) is 4.27. The Kier molecular flexibility index (Phi) is 2.61. The third-order valence-electron chi connectivity index (χ3n) is 3.09. The molecule has 3 heteroatoms. The van der Waals surface area contributed by atoms with Gasteiger partial charge in [-0.05, 0) is 19.1 Å². The lowest BCUT2D eigenvalue weighted by molar-refractivity contribution is 0.201. The van der Waals surface area contributed by atoms with Gasteiger partial charge in [-0.25, -0.2) is 4.68 Å². The second-order valence-corrected chi connectivity index (χ2v) is 4.38. The minimum absolute atomic E-state index is 0.105. The summed E-state index contributed by atoms with van der Waals surface area (Å²) in [5.74, 6) is 0. The summed E-state index contributed by atoms with van der Waals surface area (Å²) in [6.45, 7) is 1.96. The average molecular weight is 238 g/mol. The number of aliphatic hydroxyl groups is 1. The van der Waals surface area contributed by atoms with Gasteiger partial charge >= 0.3 is 0 Å². The molecule has 0 atom stereocenters. The molecule has 1 N–H and O–H groups in total. The summed E-state index contributed by atoms with van der Waals surface area (Å²) in [6.07, 6.45) is 0. The van der Waals surface area contributed by atoms with E-state index >= 15 is 0 Å². The van der Waals surface area contributed by atoms with Crippen molar-refractivity contribution in [3.63, 3.8) is 0 Å². The molecule has 0 fully saturated rings. The van der Waals surface area contributed by atoms with E-state index in [-0.39, 0.29) is 6.73 Å². The zero-order valence-corrected chi connectivity index (χ0v) is 10.2. The molecule has 90 valence electrons. The van der Waals surface area contributed by atoms with Gasteiger partial charge in [-0.2, -0.15) is 5.10 Å². The number of aromatic nitrogens is 2. The summed E-state index contributed by atoms with van der Waals surface area (Å²) < 4.78 is 1.62. The third-order valence-corrected chi connectivity index (χ3v) is 3.09. The van der Waals surface area contributed by atoms with Crippen molar-refractivity contribution in [2.24, 2.45) is 0 Å². The smallest absolute Gasteiger partial charge is 0.136 e. The average Bonchev–Trinajstić information content (AvgIpc) is 2.77. The van der Waals surface area contributed by atoms with E-state index in [1.165, 1.54) is 5.56 Å². The fourth-order valence-electron chi connectivity index (χ4n) is 2.21. The maximum atomic E-state index is 9.37. The summed E-state index contributed by atoms with van der Waals surface area (Å²) in [4.78, 5) is 0. The van der Waals surface area contributed by atoms with Crippen LogP contribution in [-0.4, -0.2) is 14.9 Å². The Balaban J connectivity index is 2.32. The molecule has 0 saturated heterocycles. The van der Waals surface area contributed by atoms with Crippen LogP contribution in [0.5, 0.6) is 0 Å². The molecule has 2 aromatic carbocycles. The Morgan fingerprint density at radius 2 is 1.89 bits per heavy atom. The van der Waals surface area contributed by atoms with Crippen molar-refractivity contribution in [3.05, 3.63) is 54.1 Å². The maximum Gasteiger partial charge on any atom is 0.136 e. The zero-order chi connectivity index (χ0) is 12.5. The predicted molar refractivity (Wildman–Crippen MR) is 72.1 cm³/mol. The first kappa shape index (κ1) is 11.0. The van der Waals surface area contributed by atoms with E-state index in [1.54, 1.807) is 4.68 Å². The molecule has 1 heterocycles. The van der Waals surface area contributed by atoms with Crippen LogP contribution in [0.2, 0.25) is 0 Å². The van der Waals surface area contributed by atoms with Crippen LogP contribution in [0.4, 0.5) is 0 Å². The van der Waals surface area contributed by atoms with Gasteiger partial charge in [0.1, 0.15) is 12.4 Å². The first-order valence-corrected chi connectivity index (χ1v) is 5.93. The van der Waals surface area contributed by atoms with Crippen LogP contribution >= 0.6 is 0 Å². The van der Waals surface area contributed by atoms with Crippen LogP contribution in [0.25, 0.3) is 22.2 Å². The van der Waals surface area contributed by atoms with Crippen molar-refractivity contribution in [1.29, 1.82) is 0 Å². The van der Waals surface area contributed by atoms with E-state index in [0.29, 0.717) is 0 Å². The minimum atomic E-state index is -0.105. The normalized spacial score (nSPS) is 11.0. The van der Waals surface area contributed by atoms with Gasteiger partial charge in [0.2, 0.25) is 0 Å². The van der Waals surface area contributed by atoms with Crippen molar-refractivity contribution in [3.8, 4) is 11.3 Å². The predicted octanol–water partition coefficient (Wildman–Crippen LogP) is 2.96. The van der Waals surface area contributed by atoms with E-state index in [1.807, 2.05) is 42.5 Å². The molecule has 0 bridgehead atoms. The number of hydrogen-bond acceptors (Lipinski definition) is 2. The Morgan fingerprint density at radius 3 is 2.61 bits per heavy atom. The summed E-state index contributed by atoms with van der Waals surface area (Å²) >= 11 is 0. The van der Waals surface area contributed by atoms with Gasteiger partial charge < -0.3 is 5.11 Å². The first-order valence-electron chi connectivity index (χ1n) is 5.93. The van der Waals surface area contributed by atoms with Gasteiger partial charge in [-0.3, -0.25) is 0 Å². The molecular weight excluding hydrogens is 224 g/mol. The summed E-state index contributed by atoms with van der Waals surface area (Å²) in [5.41, 5.74) is 4.14. The number of rotatable bonds is 2. The SMILES string of the molecule is Cc1ccc2c(c1)c(-c1ccccc1)nn2CO. The molecule has 0 saturated carbocycles. The number of aliphatic hydroxyl groups excluding tert-OH is 1. The van der Waals surface area contributed by atoms with E-state index < -0.39 is 0 Å². The Labute approximate surface area is 105 Å². The van der Waals surface area contributed by atoms with Gasteiger partial charge in [0, 0.05) is 10.9 Å². The quantitative estimate of drug-likeness (QED) is 0.745. The Bertz CT molecular complexity index is 686. The monoisotopic (exact) mass is 238 g/mol. The summed E-state index contributed by atoms with van der Waals surface area (Å²) in [7, 11) is 0. The second-order valence-electron chi connectivity index (χ2n) is 4.38. The van der Waals surface area contributed by atoms with Gasteiger partial charge in [0.25, 0.3) is 0 Å². The molecule has 3 nitrogen and oxygen atoms in total. The van der Waals surface area contributed by atoms with Crippen molar-refractivity contribution in [2.45, 2.75) is 13.7 Å². The molecule has 0 aliphatic rings. The van der Waals surface area contributed by atoms with Crippen molar-refractivity contribution >= 4 is 10.9 Å². The highest BCUT2D eigenvalue weighted by molar-refractivity contribution is 5.93. The van der Waals surface area contributed by atoms with Crippen LogP contribution in [-0.2, 0) is 6.73 Å². The zero-order valence-electron chi connectivity index (χ0n) is 10.2. The van der Waals surface area contributed by atoms with Crippen molar-refractivity contribution < 1.29 is 5.11 Å². The highest BCUT2D eigenvalue weighted by Crippen LogP contribution is 2.28. The molecule has 1 aromatic heterocycles. The van der Waals surface area contributed by atoms with E-state index in [0.717, 1.165) is 22.2 Å². The number of aryl methyl sites for hydroxylation is 1. The first-order chi connectivity index (χ1) is 8.79.